The topological polar surface area (TPSA) is 165 Å². The Kier molecular flexibility index (Phi) is 7.27. The van der Waals surface area contributed by atoms with Crippen molar-refractivity contribution in [3.8, 4) is 0 Å². The zero-order valence-corrected chi connectivity index (χ0v) is 27.2. The van der Waals surface area contributed by atoms with E-state index in [9.17, 15) is 14.4 Å². The molecule has 1 fully saturated rings. The second kappa shape index (κ2) is 11.8. The van der Waals surface area contributed by atoms with Crippen molar-refractivity contribution in [1.82, 2.24) is 40.1 Å². The number of benzene rings is 3. The number of piperidine rings is 1. The first-order valence-electron chi connectivity index (χ1n) is 16.1. The van der Waals surface area contributed by atoms with Gasteiger partial charge in [0.2, 0.25) is 11.9 Å². The second-order valence-corrected chi connectivity index (χ2v) is 12.6. The van der Waals surface area contributed by atoms with Crippen LogP contribution in [-0.2, 0) is 29.6 Å². The van der Waals surface area contributed by atoms with Crippen LogP contribution >= 0.6 is 0 Å². The van der Waals surface area contributed by atoms with Crippen LogP contribution in [0, 0.1) is 13.8 Å². The van der Waals surface area contributed by atoms with E-state index in [4.69, 9.17) is 4.98 Å². The Hall–Kier alpha value is -6.18. The van der Waals surface area contributed by atoms with Gasteiger partial charge in [-0.3, -0.25) is 19.7 Å². The number of carbonyl (C=O) groups is 2. The summed E-state index contributed by atoms with van der Waals surface area (Å²) in [5.74, 6) is 0.283. The molecule has 246 valence electrons. The summed E-state index contributed by atoms with van der Waals surface area (Å²) in [6, 6.07) is 17.1. The molecule has 1 saturated heterocycles. The minimum Gasteiger partial charge on any atom is -0.367 e. The number of nitrogens with one attached hydrogen (secondary N) is 3. The maximum atomic E-state index is 13.2. The molecule has 2 aliphatic rings. The largest absolute Gasteiger partial charge is 0.367 e. The van der Waals surface area contributed by atoms with Gasteiger partial charge in [-0.05, 0) is 79.3 Å². The van der Waals surface area contributed by atoms with Gasteiger partial charge in [-0.2, -0.15) is 14.8 Å². The van der Waals surface area contributed by atoms with Gasteiger partial charge in [0.05, 0.1) is 10.8 Å². The molecular weight excluding hydrogens is 622 g/mol. The van der Waals surface area contributed by atoms with Gasteiger partial charge in [-0.15, -0.1) is 5.10 Å². The number of hydrogen-bond donors (Lipinski definition) is 3. The van der Waals surface area contributed by atoms with Crippen LogP contribution < -0.4 is 26.4 Å². The molecule has 0 spiro atoms. The zero-order valence-electron chi connectivity index (χ0n) is 27.2. The van der Waals surface area contributed by atoms with Crippen LogP contribution in [0.1, 0.15) is 41.1 Å². The molecule has 6 aromatic rings. The molecule has 3 N–H and O–H groups in total. The van der Waals surface area contributed by atoms with Gasteiger partial charge in [0.1, 0.15) is 11.6 Å². The van der Waals surface area contributed by atoms with E-state index in [2.05, 4.69) is 79.4 Å². The first-order chi connectivity index (χ1) is 23.7. The Morgan fingerprint density at radius 3 is 2.57 bits per heavy atom. The lowest BCUT2D eigenvalue weighted by atomic mass is 9.98. The van der Waals surface area contributed by atoms with E-state index in [-0.39, 0.29) is 18.7 Å². The van der Waals surface area contributed by atoms with Crippen molar-refractivity contribution in [2.45, 2.75) is 45.7 Å². The van der Waals surface area contributed by atoms with Crippen molar-refractivity contribution >= 4 is 62.6 Å². The quantitative estimate of drug-likeness (QED) is 0.221. The highest BCUT2D eigenvalue weighted by Crippen LogP contribution is 2.31. The lowest BCUT2D eigenvalue weighted by Crippen LogP contribution is -2.45. The molecule has 14 heteroatoms. The number of fused-ring (bicyclic) bond motifs is 3. The number of nitrogens with zero attached hydrogens (tertiary/aromatic N) is 8. The summed E-state index contributed by atoms with van der Waals surface area (Å²) in [7, 11) is 1.87. The van der Waals surface area contributed by atoms with Gasteiger partial charge in [-0.1, -0.05) is 29.5 Å². The van der Waals surface area contributed by atoms with Crippen LogP contribution in [0.15, 0.2) is 65.6 Å². The predicted octanol–water partition coefficient (Wildman–Crippen LogP) is 4.11. The third-order valence-electron chi connectivity index (χ3n) is 9.32. The molecule has 8 rings (SSSR count). The van der Waals surface area contributed by atoms with Gasteiger partial charge < -0.3 is 15.5 Å². The predicted molar refractivity (Wildman–Crippen MR) is 185 cm³/mol. The van der Waals surface area contributed by atoms with Gasteiger partial charge in [0.15, 0.2) is 11.5 Å². The summed E-state index contributed by atoms with van der Waals surface area (Å²) in [5.41, 5.74) is 8.25. The average Bonchev–Trinajstić information content (AvgIpc) is 3.40. The number of aromatic nitrogens is 7. The van der Waals surface area contributed by atoms with Crippen molar-refractivity contribution in [3.63, 3.8) is 0 Å². The summed E-state index contributed by atoms with van der Waals surface area (Å²) >= 11 is 0. The van der Waals surface area contributed by atoms with Crippen molar-refractivity contribution in [2.75, 3.05) is 22.1 Å². The Morgan fingerprint density at radius 1 is 0.918 bits per heavy atom. The first-order valence-corrected chi connectivity index (χ1v) is 16.1. The highest BCUT2D eigenvalue weighted by atomic mass is 16.2. The van der Waals surface area contributed by atoms with E-state index in [1.165, 1.54) is 5.56 Å². The number of carbonyl (C=O) groups excluding carboxylic acids is 2. The van der Waals surface area contributed by atoms with Crippen LogP contribution in [0.4, 0.5) is 28.8 Å². The van der Waals surface area contributed by atoms with Crippen LogP contribution in [0.5, 0.6) is 0 Å². The van der Waals surface area contributed by atoms with Crippen molar-refractivity contribution < 1.29 is 9.59 Å². The Bertz CT molecular complexity index is 2360. The summed E-state index contributed by atoms with van der Waals surface area (Å²) in [6.45, 7) is 5.59. The number of amides is 2. The minimum absolute atomic E-state index is 0.148. The number of rotatable bonds is 6. The minimum atomic E-state index is -0.859. The molecule has 3 aromatic heterocycles. The fourth-order valence-electron chi connectivity index (χ4n) is 6.66. The van der Waals surface area contributed by atoms with Gasteiger partial charge >= 0.3 is 0 Å². The van der Waals surface area contributed by atoms with Crippen LogP contribution in [0.25, 0.3) is 21.9 Å². The van der Waals surface area contributed by atoms with Crippen molar-refractivity contribution in [2.24, 2.45) is 7.05 Å². The molecule has 0 aliphatic carbocycles. The Morgan fingerprint density at radius 2 is 1.76 bits per heavy atom. The number of imide groups is 1. The normalized spacial score (nSPS) is 16.1. The number of anilines is 5. The van der Waals surface area contributed by atoms with E-state index < -0.39 is 17.5 Å². The molecule has 3 aromatic carbocycles. The van der Waals surface area contributed by atoms with E-state index in [0.717, 1.165) is 56.8 Å². The smallest absolute Gasteiger partial charge is 0.278 e. The van der Waals surface area contributed by atoms with Crippen molar-refractivity contribution in [3.05, 3.63) is 93.4 Å². The molecule has 5 heterocycles. The lowest BCUT2D eigenvalue weighted by molar-refractivity contribution is -0.136. The zero-order chi connectivity index (χ0) is 33.8. The average molecular weight is 656 g/mol. The first kappa shape index (κ1) is 30.2. The Labute approximate surface area is 280 Å². The maximum absolute atomic E-state index is 13.2. The monoisotopic (exact) mass is 655 g/mol. The fraction of sp³-hybridized carbons (Fsp3) is 0.257. The van der Waals surface area contributed by atoms with E-state index in [0.29, 0.717) is 34.9 Å². The molecule has 0 saturated carbocycles. The number of aryl methyl sites for hydroxylation is 3. The second-order valence-electron chi connectivity index (χ2n) is 12.6. The molecule has 2 amide bonds. The van der Waals surface area contributed by atoms with E-state index in [1.54, 1.807) is 16.9 Å². The van der Waals surface area contributed by atoms with E-state index in [1.807, 2.05) is 31.3 Å². The van der Waals surface area contributed by atoms with Crippen LogP contribution in [-0.4, -0.2) is 53.1 Å². The maximum Gasteiger partial charge on any atom is 0.278 e. The highest BCUT2D eigenvalue weighted by molar-refractivity contribution is 5.99. The lowest BCUT2D eigenvalue weighted by Gasteiger charge is -2.31. The van der Waals surface area contributed by atoms with Gasteiger partial charge in [-0.25, -0.2) is 9.67 Å². The molecule has 1 atom stereocenters. The summed E-state index contributed by atoms with van der Waals surface area (Å²) in [5, 5.41) is 23.3. The summed E-state index contributed by atoms with van der Waals surface area (Å²) in [4.78, 5) is 48.8. The summed E-state index contributed by atoms with van der Waals surface area (Å²) in [6.07, 6.45) is 3.00. The molecule has 0 bridgehead atoms. The highest BCUT2D eigenvalue weighted by Gasteiger charge is 2.30. The van der Waals surface area contributed by atoms with Crippen LogP contribution in [0.3, 0.4) is 0 Å². The van der Waals surface area contributed by atoms with Gasteiger partial charge in [0.25, 0.3) is 11.5 Å². The Balaban J connectivity index is 1.01. The molecule has 14 nitrogen and oxygen atoms in total. The third-order valence-corrected chi connectivity index (χ3v) is 9.32. The third kappa shape index (κ3) is 5.50. The SMILES string of the molecule is Cc1cccc(C)c1Nc1nn(C)c2nc(Nc3ccc4c(c3)CN(c3ccc5c(=O)n(C6CCC(=O)NC6=O)nnc5c3)CC4)ncc12. The fourth-order valence-corrected chi connectivity index (χ4v) is 6.66. The number of para-hydroxylation sites is 1. The standard InChI is InChI=1S/C35H33N11O3/c1-19-5-4-6-20(2)30(19)39-31-26-17-36-35(40-32(26)44(3)42-31)37-23-8-7-21-13-14-45(18-22(21)15-23)24-9-10-25-27(16-24)41-43-46(34(25)49)28-11-12-29(47)38-33(28)48/h4-10,15-17,28H,11-14,18H2,1-3H3,(H,39,42)(H,36,37,40)(H,38,47,48). The molecular formula is C35H33N11O3. The van der Waals surface area contributed by atoms with Crippen molar-refractivity contribution in [1.29, 1.82) is 0 Å². The van der Waals surface area contributed by atoms with E-state index >= 15 is 0 Å². The molecule has 1 unspecified atom stereocenters. The van der Waals surface area contributed by atoms with Gasteiger partial charge in [0, 0.05) is 49.8 Å². The summed E-state index contributed by atoms with van der Waals surface area (Å²) < 4.78 is 2.83. The molecule has 2 aliphatic heterocycles. The van der Waals surface area contributed by atoms with Crippen LogP contribution in [0.2, 0.25) is 0 Å². The molecule has 49 heavy (non-hydrogen) atoms. The number of hydrogen-bond acceptors (Lipinski definition) is 11. The molecule has 0 radical (unpaired) electrons.